The van der Waals surface area contributed by atoms with E-state index in [9.17, 15) is 4.79 Å². The smallest absolute Gasteiger partial charge is 0.263 e. The highest BCUT2D eigenvalue weighted by Crippen LogP contribution is 2.32. The number of benzene rings is 1. The summed E-state index contributed by atoms with van der Waals surface area (Å²) in [5.41, 5.74) is 6.61. The average molecular weight is 292 g/mol. The Balaban J connectivity index is 2.14. The molecule has 0 bridgehead atoms. The maximum Gasteiger partial charge on any atom is 0.263 e. The summed E-state index contributed by atoms with van der Waals surface area (Å²) >= 11 is 0. The van der Waals surface area contributed by atoms with E-state index >= 15 is 0 Å². The maximum atomic E-state index is 12.4. The second-order valence-electron chi connectivity index (χ2n) is 5.28. The minimum Gasteiger partial charge on any atom is -0.493 e. The fraction of sp³-hybridized carbons (Fsp3) is 0.562. The van der Waals surface area contributed by atoms with E-state index in [1.807, 2.05) is 23.1 Å². The van der Waals surface area contributed by atoms with Crippen LogP contribution in [0.2, 0.25) is 0 Å². The molecule has 1 aromatic carbocycles. The first-order chi connectivity index (χ1) is 10.2. The van der Waals surface area contributed by atoms with Gasteiger partial charge in [0.1, 0.15) is 0 Å². The maximum absolute atomic E-state index is 12.4. The van der Waals surface area contributed by atoms with Crippen LogP contribution >= 0.6 is 0 Å². The van der Waals surface area contributed by atoms with E-state index in [0.29, 0.717) is 24.5 Å². The van der Waals surface area contributed by atoms with E-state index < -0.39 is 6.10 Å². The standard InChI is InChI=1S/C16H24N2O3/c1-12(16(19)18-10-3-4-11-18)21-15-13(8-9-17)6-5-7-14(15)20-2/h5-7,12H,3-4,8-11,17H2,1-2H3. The summed E-state index contributed by atoms with van der Waals surface area (Å²) in [6.07, 6.45) is 2.32. The highest BCUT2D eigenvalue weighted by molar-refractivity contribution is 5.81. The van der Waals surface area contributed by atoms with Crippen molar-refractivity contribution in [1.29, 1.82) is 0 Å². The van der Waals surface area contributed by atoms with Crippen LogP contribution < -0.4 is 15.2 Å². The van der Waals surface area contributed by atoms with Gasteiger partial charge in [-0.3, -0.25) is 4.79 Å². The van der Waals surface area contributed by atoms with Gasteiger partial charge in [0.05, 0.1) is 7.11 Å². The highest BCUT2D eigenvalue weighted by Gasteiger charge is 2.26. The van der Waals surface area contributed by atoms with Crippen molar-refractivity contribution < 1.29 is 14.3 Å². The molecule has 1 aromatic rings. The fourth-order valence-electron chi connectivity index (χ4n) is 2.63. The van der Waals surface area contributed by atoms with Crippen LogP contribution in [0.5, 0.6) is 11.5 Å². The Kier molecular flexibility index (Phi) is 5.44. The van der Waals surface area contributed by atoms with E-state index in [2.05, 4.69) is 0 Å². The molecule has 0 aliphatic carbocycles. The second kappa shape index (κ2) is 7.31. The Morgan fingerprint density at radius 2 is 2.10 bits per heavy atom. The van der Waals surface area contributed by atoms with Crippen molar-refractivity contribution >= 4 is 5.91 Å². The van der Waals surface area contributed by atoms with Gasteiger partial charge in [0.2, 0.25) is 0 Å². The molecule has 0 spiro atoms. The summed E-state index contributed by atoms with van der Waals surface area (Å²) in [5.74, 6) is 1.31. The first kappa shape index (κ1) is 15.6. The molecule has 0 aromatic heterocycles. The van der Waals surface area contributed by atoms with Crippen molar-refractivity contribution in [2.45, 2.75) is 32.3 Å². The molecule has 0 saturated carbocycles. The van der Waals surface area contributed by atoms with E-state index in [4.69, 9.17) is 15.2 Å². The molecule has 21 heavy (non-hydrogen) atoms. The second-order valence-corrected chi connectivity index (χ2v) is 5.28. The molecule has 0 radical (unpaired) electrons. The van der Waals surface area contributed by atoms with Gasteiger partial charge in [-0.1, -0.05) is 12.1 Å². The minimum atomic E-state index is -0.518. The SMILES string of the molecule is COc1cccc(CCN)c1OC(C)C(=O)N1CCCC1. The topological polar surface area (TPSA) is 64.8 Å². The van der Waals surface area contributed by atoms with Gasteiger partial charge in [-0.25, -0.2) is 0 Å². The van der Waals surface area contributed by atoms with Gasteiger partial charge in [0.15, 0.2) is 17.6 Å². The summed E-state index contributed by atoms with van der Waals surface area (Å²) in [4.78, 5) is 14.2. The summed E-state index contributed by atoms with van der Waals surface area (Å²) in [6.45, 7) is 3.97. The number of nitrogens with zero attached hydrogens (tertiary/aromatic N) is 1. The van der Waals surface area contributed by atoms with Gasteiger partial charge >= 0.3 is 0 Å². The molecule has 1 amide bonds. The quantitative estimate of drug-likeness (QED) is 0.864. The first-order valence-corrected chi connectivity index (χ1v) is 7.48. The zero-order valence-electron chi connectivity index (χ0n) is 12.8. The Hall–Kier alpha value is -1.75. The van der Waals surface area contributed by atoms with Gasteiger partial charge < -0.3 is 20.1 Å². The van der Waals surface area contributed by atoms with Gasteiger partial charge in [-0.2, -0.15) is 0 Å². The number of likely N-dealkylation sites (tertiary alicyclic amines) is 1. The van der Waals surface area contributed by atoms with Crippen molar-refractivity contribution in [3.8, 4) is 11.5 Å². The number of ether oxygens (including phenoxy) is 2. The van der Waals surface area contributed by atoms with Crippen molar-refractivity contribution in [2.24, 2.45) is 5.73 Å². The predicted molar refractivity (Wildman–Crippen MR) is 81.7 cm³/mol. The third-order valence-electron chi connectivity index (χ3n) is 3.75. The van der Waals surface area contributed by atoms with Gasteiger partial charge in [0, 0.05) is 13.1 Å². The summed E-state index contributed by atoms with van der Waals surface area (Å²) < 4.78 is 11.3. The largest absolute Gasteiger partial charge is 0.493 e. The molecule has 1 saturated heterocycles. The molecule has 2 N–H and O–H groups in total. The van der Waals surface area contributed by atoms with E-state index in [0.717, 1.165) is 31.5 Å². The van der Waals surface area contributed by atoms with Gasteiger partial charge in [-0.15, -0.1) is 0 Å². The van der Waals surface area contributed by atoms with Crippen LogP contribution in [-0.2, 0) is 11.2 Å². The molecule has 1 aliphatic rings. The molecule has 1 aliphatic heterocycles. The van der Waals surface area contributed by atoms with Crippen LogP contribution in [0.1, 0.15) is 25.3 Å². The number of amides is 1. The lowest BCUT2D eigenvalue weighted by molar-refractivity contribution is -0.136. The van der Waals surface area contributed by atoms with Gasteiger partial charge in [0.25, 0.3) is 5.91 Å². The average Bonchev–Trinajstić information content (AvgIpc) is 3.02. The first-order valence-electron chi connectivity index (χ1n) is 7.48. The molecule has 2 rings (SSSR count). The van der Waals surface area contributed by atoms with Crippen LogP contribution in [0.15, 0.2) is 18.2 Å². The number of rotatable bonds is 6. The Bertz CT molecular complexity index is 484. The monoisotopic (exact) mass is 292 g/mol. The van der Waals surface area contributed by atoms with Crippen LogP contribution in [0, 0.1) is 0 Å². The lowest BCUT2D eigenvalue weighted by atomic mass is 10.1. The van der Waals surface area contributed by atoms with Crippen LogP contribution in [0.3, 0.4) is 0 Å². The zero-order chi connectivity index (χ0) is 15.2. The van der Waals surface area contributed by atoms with E-state index in [1.54, 1.807) is 14.0 Å². The predicted octanol–water partition coefficient (Wildman–Crippen LogP) is 1.59. The molecule has 5 nitrogen and oxygen atoms in total. The molecular formula is C16H24N2O3. The molecule has 1 fully saturated rings. The molecule has 116 valence electrons. The third-order valence-corrected chi connectivity index (χ3v) is 3.75. The zero-order valence-corrected chi connectivity index (χ0v) is 12.8. The number of hydrogen-bond acceptors (Lipinski definition) is 4. The lowest BCUT2D eigenvalue weighted by Gasteiger charge is -2.23. The number of carbonyl (C=O) groups is 1. The Morgan fingerprint density at radius 1 is 1.38 bits per heavy atom. The van der Waals surface area contributed by atoms with Gasteiger partial charge in [-0.05, 0) is 44.4 Å². The van der Waals surface area contributed by atoms with Crippen molar-refractivity contribution in [2.75, 3.05) is 26.7 Å². The molecule has 1 atom stereocenters. The number of hydrogen-bond donors (Lipinski definition) is 1. The molecular weight excluding hydrogens is 268 g/mol. The van der Waals surface area contributed by atoms with Crippen molar-refractivity contribution in [1.82, 2.24) is 4.90 Å². The van der Waals surface area contributed by atoms with E-state index in [1.165, 1.54) is 0 Å². The van der Waals surface area contributed by atoms with Crippen LogP contribution in [0.25, 0.3) is 0 Å². The van der Waals surface area contributed by atoms with Crippen LogP contribution in [0.4, 0.5) is 0 Å². The highest BCUT2D eigenvalue weighted by atomic mass is 16.5. The number of para-hydroxylation sites is 1. The minimum absolute atomic E-state index is 0.0390. The molecule has 1 heterocycles. The summed E-state index contributed by atoms with van der Waals surface area (Å²) in [5, 5.41) is 0. The number of nitrogens with two attached hydrogens (primary N) is 1. The van der Waals surface area contributed by atoms with Crippen LogP contribution in [-0.4, -0.2) is 43.7 Å². The Morgan fingerprint density at radius 3 is 2.71 bits per heavy atom. The normalized spacial score (nSPS) is 15.9. The summed E-state index contributed by atoms with van der Waals surface area (Å²) in [7, 11) is 1.60. The Labute approximate surface area is 126 Å². The third kappa shape index (κ3) is 3.67. The number of methoxy groups -OCH3 is 1. The fourth-order valence-corrected chi connectivity index (χ4v) is 2.63. The molecule has 1 unspecified atom stereocenters. The van der Waals surface area contributed by atoms with Crippen molar-refractivity contribution in [3.63, 3.8) is 0 Å². The number of carbonyl (C=O) groups excluding carboxylic acids is 1. The molecule has 5 heteroatoms. The van der Waals surface area contributed by atoms with E-state index in [-0.39, 0.29) is 5.91 Å². The summed E-state index contributed by atoms with van der Waals surface area (Å²) in [6, 6.07) is 5.70. The lowest BCUT2D eigenvalue weighted by Crippen LogP contribution is -2.38. The van der Waals surface area contributed by atoms with Crippen molar-refractivity contribution in [3.05, 3.63) is 23.8 Å².